The number of carbonyl (C=O) groups is 2. The molecule has 24 heavy (non-hydrogen) atoms. The predicted octanol–water partition coefficient (Wildman–Crippen LogP) is 3.48. The van der Waals surface area contributed by atoms with Gasteiger partial charge >= 0.3 is 0 Å². The number of hydrogen-bond donors (Lipinski definition) is 2. The van der Waals surface area contributed by atoms with Crippen molar-refractivity contribution < 1.29 is 14.0 Å². The molecule has 0 saturated heterocycles. The lowest BCUT2D eigenvalue weighted by Crippen LogP contribution is -2.23. The van der Waals surface area contributed by atoms with Gasteiger partial charge < -0.3 is 15.1 Å². The molecule has 0 radical (unpaired) electrons. The first-order valence-corrected chi connectivity index (χ1v) is 8.15. The number of nitrogens with one attached hydrogen (secondary N) is 2. The third-order valence-electron chi connectivity index (χ3n) is 3.59. The molecular formula is C18H15BrN2O3. The minimum atomic E-state index is -0.302. The largest absolute Gasteiger partial charge is 0.450 e. The summed E-state index contributed by atoms with van der Waals surface area (Å²) in [6.07, 6.45) is 0. The van der Waals surface area contributed by atoms with Crippen molar-refractivity contribution in [2.45, 2.75) is 6.54 Å². The second kappa shape index (κ2) is 6.88. The van der Waals surface area contributed by atoms with Crippen LogP contribution in [0.3, 0.4) is 0 Å². The van der Waals surface area contributed by atoms with E-state index in [1.54, 1.807) is 31.3 Å². The minimum Gasteiger partial charge on any atom is -0.450 e. The van der Waals surface area contributed by atoms with E-state index in [9.17, 15) is 9.59 Å². The van der Waals surface area contributed by atoms with Crippen molar-refractivity contribution in [3.8, 4) is 0 Å². The van der Waals surface area contributed by atoms with Crippen molar-refractivity contribution in [3.05, 3.63) is 69.9 Å². The molecule has 2 N–H and O–H groups in total. The van der Waals surface area contributed by atoms with E-state index in [-0.39, 0.29) is 17.6 Å². The summed E-state index contributed by atoms with van der Waals surface area (Å²) in [5, 5.41) is 6.23. The molecule has 122 valence electrons. The Morgan fingerprint density at radius 2 is 1.88 bits per heavy atom. The fourth-order valence-electron chi connectivity index (χ4n) is 2.38. The molecule has 0 aliphatic carbocycles. The highest BCUT2D eigenvalue weighted by Crippen LogP contribution is 2.26. The highest BCUT2D eigenvalue weighted by Gasteiger charge is 2.13. The molecule has 1 aromatic heterocycles. The molecule has 0 unspecified atom stereocenters. The molecule has 2 aromatic carbocycles. The van der Waals surface area contributed by atoms with E-state index in [4.69, 9.17) is 4.42 Å². The van der Waals surface area contributed by atoms with Gasteiger partial charge in [-0.2, -0.15) is 0 Å². The molecule has 0 aliphatic rings. The summed E-state index contributed by atoms with van der Waals surface area (Å²) < 4.78 is 6.41. The average Bonchev–Trinajstić information content (AvgIpc) is 3.05. The Kier molecular flexibility index (Phi) is 4.66. The van der Waals surface area contributed by atoms with Crippen molar-refractivity contribution in [1.82, 2.24) is 10.6 Å². The Morgan fingerprint density at radius 1 is 1.08 bits per heavy atom. The zero-order chi connectivity index (χ0) is 17.1. The maximum Gasteiger partial charge on any atom is 0.287 e. The lowest BCUT2D eigenvalue weighted by molar-refractivity contribution is 0.0924. The van der Waals surface area contributed by atoms with Crippen LogP contribution in [0, 0.1) is 0 Å². The molecule has 0 atom stereocenters. The van der Waals surface area contributed by atoms with Gasteiger partial charge in [0.15, 0.2) is 5.76 Å². The first-order valence-electron chi connectivity index (χ1n) is 7.36. The van der Waals surface area contributed by atoms with Crippen LogP contribution >= 0.6 is 15.9 Å². The van der Waals surface area contributed by atoms with Crippen LogP contribution in [0.2, 0.25) is 0 Å². The number of benzene rings is 2. The highest BCUT2D eigenvalue weighted by molar-refractivity contribution is 9.10. The number of hydrogen-bond acceptors (Lipinski definition) is 3. The Balaban J connectivity index is 1.73. The molecule has 3 rings (SSSR count). The maximum atomic E-state index is 12.3. The number of amides is 2. The first kappa shape index (κ1) is 16.3. The van der Waals surface area contributed by atoms with Crippen molar-refractivity contribution in [2.75, 3.05) is 7.05 Å². The van der Waals surface area contributed by atoms with Crippen LogP contribution in [0.15, 0.2) is 57.4 Å². The standard InChI is InChI=1S/C18H15BrN2O3/c1-20-17(22)13-6-2-4-11(8-13)10-21-18(23)15-9-12-5-3-7-14(19)16(12)24-15/h2-9H,10H2,1H3,(H,20,22)(H,21,23). The number of para-hydroxylation sites is 1. The van der Waals surface area contributed by atoms with E-state index in [0.717, 1.165) is 15.4 Å². The molecular weight excluding hydrogens is 372 g/mol. The third kappa shape index (κ3) is 3.33. The quantitative estimate of drug-likeness (QED) is 0.720. The van der Waals surface area contributed by atoms with Crippen LogP contribution in [0.4, 0.5) is 0 Å². The second-order valence-corrected chi connectivity index (χ2v) is 6.09. The van der Waals surface area contributed by atoms with E-state index in [1.807, 2.05) is 24.3 Å². The van der Waals surface area contributed by atoms with Gasteiger partial charge in [-0.05, 0) is 45.8 Å². The Morgan fingerprint density at radius 3 is 2.62 bits per heavy atom. The van der Waals surface area contributed by atoms with Crippen LogP contribution in [0.25, 0.3) is 11.0 Å². The minimum absolute atomic E-state index is 0.162. The normalized spacial score (nSPS) is 10.6. The number of fused-ring (bicyclic) bond motifs is 1. The summed E-state index contributed by atoms with van der Waals surface area (Å²) in [4.78, 5) is 23.9. The molecule has 6 heteroatoms. The molecule has 3 aromatic rings. The van der Waals surface area contributed by atoms with Crippen molar-refractivity contribution >= 4 is 38.7 Å². The Bertz CT molecular complexity index is 918. The lowest BCUT2D eigenvalue weighted by Gasteiger charge is -2.05. The van der Waals surface area contributed by atoms with Crippen molar-refractivity contribution in [3.63, 3.8) is 0 Å². The fraction of sp³-hybridized carbons (Fsp3) is 0.111. The molecule has 2 amide bonds. The summed E-state index contributed by atoms with van der Waals surface area (Å²) in [5.74, 6) is -0.215. The van der Waals surface area contributed by atoms with E-state index < -0.39 is 0 Å². The lowest BCUT2D eigenvalue weighted by atomic mass is 10.1. The molecule has 0 bridgehead atoms. The maximum absolute atomic E-state index is 12.3. The molecule has 5 nitrogen and oxygen atoms in total. The van der Waals surface area contributed by atoms with E-state index in [2.05, 4.69) is 26.6 Å². The van der Waals surface area contributed by atoms with Gasteiger partial charge in [0.05, 0.1) is 4.47 Å². The number of furan rings is 1. The smallest absolute Gasteiger partial charge is 0.287 e. The fourth-order valence-corrected chi connectivity index (χ4v) is 2.84. The first-order chi connectivity index (χ1) is 11.6. The van der Waals surface area contributed by atoms with Gasteiger partial charge in [0.1, 0.15) is 5.58 Å². The van der Waals surface area contributed by atoms with Gasteiger partial charge in [0.25, 0.3) is 11.8 Å². The number of carbonyl (C=O) groups excluding carboxylic acids is 2. The number of halogens is 1. The summed E-state index contributed by atoms with van der Waals surface area (Å²) in [5.41, 5.74) is 2.03. The van der Waals surface area contributed by atoms with Gasteiger partial charge in [-0.3, -0.25) is 9.59 Å². The van der Waals surface area contributed by atoms with E-state index >= 15 is 0 Å². The highest BCUT2D eigenvalue weighted by atomic mass is 79.9. The monoisotopic (exact) mass is 386 g/mol. The van der Waals surface area contributed by atoms with Gasteiger partial charge in [-0.1, -0.05) is 24.3 Å². The topological polar surface area (TPSA) is 71.3 Å². The van der Waals surface area contributed by atoms with Crippen molar-refractivity contribution in [2.24, 2.45) is 0 Å². The predicted molar refractivity (Wildman–Crippen MR) is 94.9 cm³/mol. The Labute approximate surface area is 147 Å². The number of rotatable bonds is 4. The summed E-state index contributed by atoms with van der Waals surface area (Å²) in [7, 11) is 1.58. The van der Waals surface area contributed by atoms with Crippen LogP contribution in [0.1, 0.15) is 26.5 Å². The zero-order valence-electron chi connectivity index (χ0n) is 12.9. The van der Waals surface area contributed by atoms with Gasteiger partial charge in [-0.15, -0.1) is 0 Å². The molecule has 1 heterocycles. The van der Waals surface area contributed by atoms with Crippen LogP contribution in [-0.4, -0.2) is 18.9 Å². The molecule has 0 fully saturated rings. The summed E-state index contributed by atoms with van der Waals surface area (Å²) in [6.45, 7) is 0.307. The van der Waals surface area contributed by atoms with E-state index in [1.165, 1.54) is 0 Å². The van der Waals surface area contributed by atoms with Crippen molar-refractivity contribution in [1.29, 1.82) is 0 Å². The average molecular weight is 387 g/mol. The molecule has 0 aliphatic heterocycles. The van der Waals surface area contributed by atoms with Crippen LogP contribution < -0.4 is 10.6 Å². The van der Waals surface area contributed by atoms with Gasteiger partial charge in [0.2, 0.25) is 0 Å². The Hall–Kier alpha value is -2.60. The SMILES string of the molecule is CNC(=O)c1cccc(CNC(=O)c2cc3cccc(Br)c3o2)c1. The zero-order valence-corrected chi connectivity index (χ0v) is 14.5. The third-order valence-corrected chi connectivity index (χ3v) is 4.21. The van der Waals surface area contributed by atoms with Gasteiger partial charge in [0, 0.05) is 24.5 Å². The summed E-state index contributed by atoms with van der Waals surface area (Å²) >= 11 is 3.40. The van der Waals surface area contributed by atoms with E-state index in [0.29, 0.717) is 17.7 Å². The summed E-state index contributed by atoms with van der Waals surface area (Å²) in [6, 6.07) is 14.4. The van der Waals surface area contributed by atoms with Crippen LogP contribution in [0.5, 0.6) is 0 Å². The van der Waals surface area contributed by atoms with Gasteiger partial charge in [-0.25, -0.2) is 0 Å². The molecule has 0 spiro atoms. The molecule has 0 saturated carbocycles. The second-order valence-electron chi connectivity index (χ2n) is 5.23. The van der Waals surface area contributed by atoms with Crippen LogP contribution in [-0.2, 0) is 6.54 Å².